The number of nitrogens with one attached hydrogen (secondary N) is 1. The van der Waals surface area contributed by atoms with E-state index in [1.54, 1.807) is 0 Å². The van der Waals surface area contributed by atoms with Crippen molar-refractivity contribution in [3.05, 3.63) is 5.82 Å². The lowest BCUT2D eigenvalue weighted by Gasteiger charge is -2.17. The van der Waals surface area contributed by atoms with Crippen molar-refractivity contribution in [3.63, 3.8) is 0 Å². The molecule has 2 rings (SSSR count). The Labute approximate surface area is 120 Å². The summed E-state index contributed by atoms with van der Waals surface area (Å²) in [5.41, 5.74) is 6.55. The predicted molar refractivity (Wildman–Crippen MR) is 78.9 cm³/mol. The summed E-state index contributed by atoms with van der Waals surface area (Å²) in [7, 11) is 0. The molecule has 1 atom stereocenters. The minimum absolute atomic E-state index is 0.0488. The highest BCUT2D eigenvalue weighted by molar-refractivity contribution is 5.67. The van der Waals surface area contributed by atoms with Crippen LogP contribution in [0.2, 0.25) is 0 Å². The van der Waals surface area contributed by atoms with Crippen LogP contribution in [0.4, 0.5) is 11.5 Å². The van der Waals surface area contributed by atoms with Gasteiger partial charge in [-0.15, -0.1) is 0 Å². The number of ether oxygens (including phenoxy) is 2. The molecule has 6 heteroatoms. The summed E-state index contributed by atoms with van der Waals surface area (Å²) >= 11 is 0. The van der Waals surface area contributed by atoms with Crippen molar-refractivity contribution in [2.45, 2.75) is 52.2 Å². The van der Waals surface area contributed by atoms with E-state index in [4.69, 9.17) is 15.2 Å². The fourth-order valence-corrected chi connectivity index (χ4v) is 2.08. The number of anilines is 2. The van der Waals surface area contributed by atoms with Gasteiger partial charge in [0.15, 0.2) is 11.6 Å². The molecular weight excluding hydrogens is 256 g/mol. The third kappa shape index (κ3) is 3.50. The van der Waals surface area contributed by atoms with Crippen molar-refractivity contribution in [1.82, 2.24) is 9.97 Å². The van der Waals surface area contributed by atoms with Crippen LogP contribution >= 0.6 is 0 Å². The molecule has 0 spiro atoms. The van der Waals surface area contributed by atoms with Gasteiger partial charge < -0.3 is 20.5 Å². The first kappa shape index (κ1) is 14.8. The highest BCUT2D eigenvalue weighted by Gasteiger charge is 2.24. The van der Waals surface area contributed by atoms with Crippen molar-refractivity contribution in [2.24, 2.45) is 0 Å². The second-order valence-corrected chi connectivity index (χ2v) is 5.30. The summed E-state index contributed by atoms with van der Waals surface area (Å²) in [4.78, 5) is 8.95. The van der Waals surface area contributed by atoms with E-state index in [1.807, 2.05) is 20.8 Å². The van der Waals surface area contributed by atoms with Gasteiger partial charge in [-0.05, 0) is 33.1 Å². The van der Waals surface area contributed by atoms with Crippen LogP contribution in [0.1, 0.15) is 52.0 Å². The van der Waals surface area contributed by atoms with Crippen LogP contribution in [-0.2, 0) is 4.74 Å². The lowest BCUT2D eigenvalue weighted by atomic mass is 10.2. The molecule has 1 aromatic rings. The van der Waals surface area contributed by atoms with Gasteiger partial charge in [0.1, 0.15) is 11.8 Å². The van der Waals surface area contributed by atoms with Gasteiger partial charge in [-0.3, -0.25) is 0 Å². The molecule has 0 amide bonds. The van der Waals surface area contributed by atoms with E-state index in [1.165, 1.54) is 0 Å². The van der Waals surface area contributed by atoms with Gasteiger partial charge in [0, 0.05) is 12.6 Å². The summed E-state index contributed by atoms with van der Waals surface area (Å²) in [6, 6.07) is 0.239. The molecule has 1 unspecified atom stereocenters. The molecule has 112 valence electrons. The monoisotopic (exact) mass is 280 g/mol. The highest BCUT2D eigenvalue weighted by atomic mass is 16.5. The maximum absolute atomic E-state index is 6.09. The number of hydrogen-bond acceptors (Lipinski definition) is 6. The molecule has 0 aliphatic carbocycles. The molecule has 0 saturated carbocycles. The maximum Gasteiger partial charge on any atom is 0.242 e. The van der Waals surface area contributed by atoms with Crippen LogP contribution in [0.15, 0.2) is 0 Å². The summed E-state index contributed by atoms with van der Waals surface area (Å²) in [5.74, 6) is 1.74. The third-order valence-electron chi connectivity index (χ3n) is 3.01. The zero-order chi connectivity index (χ0) is 14.5. The second kappa shape index (κ2) is 6.74. The van der Waals surface area contributed by atoms with Crippen LogP contribution in [-0.4, -0.2) is 29.2 Å². The van der Waals surface area contributed by atoms with Gasteiger partial charge >= 0.3 is 0 Å². The summed E-state index contributed by atoms with van der Waals surface area (Å²) in [5, 5.41) is 3.24. The van der Waals surface area contributed by atoms with Crippen molar-refractivity contribution >= 4 is 11.5 Å². The van der Waals surface area contributed by atoms with Gasteiger partial charge in [-0.2, -0.15) is 4.98 Å². The first-order valence-electron chi connectivity index (χ1n) is 7.30. The molecule has 1 aliphatic heterocycles. The number of nitrogens with zero attached hydrogens (tertiary/aromatic N) is 2. The molecule has 6 nitrogen and oxygen atoms in total. The molecule has 0 aromatic carbocycles. The van der Waals surface area contributed by atoms with Gasteiger partial charge in [-0.25, -0.2) is 4.98 Å². The lowest BCUT2D eigenvalue weighted by molar-refractivity contribution is 0.104. The Morgan fingerprint density at radius 2 is 2.25 bits per heavy atom. The Morgan fingerprint density at radius 3 is 2.85 bits per heavy atom. The Hall–Kier alpha value is -1.56. The molecule has 1 saturated heterocycles. The number of nitrogens with two attached hydrogens (primary N) is 1. The van der Waals surface area contributed by atoms with Crippen LogP contribution in [0, 0.1) is 0 Å². The third-order valence-corrected chi connectivity index (χ3v) is 3.01. The Morgan fingerprint density at radius 1 is 1.45 bits per heavy atom. The Kier molecular flexibility index (Phi) is 5.00. The van der Waals surface area contributed by atoms with E-state index < -0.39 is 0 Å². The first-order chi connectivity index (χ1) is 9.61. The van der Waals surface area contributed by atoms with Crippen molar-refractivity contribution < 1.29 is 9.47 Å². The topological polar surface area (TPSA) is 82.3 Å². The van der Waals surface area contributed by atoms with E-state index in [9.17, 15) is 0 Å². The number of aromatic nitrogens is 2. The van der Waals surface area contributed by atoms with Gasteiger partial charge in [0.05, 0.1) is 6.61 Å². The van der Waals surface area contributed by atoms with E-state index in [0.717, 1.165) is 25.9 Å². The minimum atomic E-state index is -0.0488. The normalized spacial score (nSPS) is 18.5. The van der Waals surface area contributed by atoms with E-state index in [0.29, 0.717) is 29.8 Å². The number of rotatable bonds is 6. The lowest BCUT2D eigenvalue weighted by Crippen LogP contribution is -2.17. The van der Waals surface area contributed by atoms with E-state index in [2.05, 4.69) is 15.3 Å². The van der Waals surface area contributed by atoms with Crippen molar-refractivity contribution in [3.8, 4) is 5.88 Å². The predicted octanol–water partition coefficient (Wildman–Crippen LogP) is 2.52. The van der Waals surface area contributed by atoms with Crippen LogP contribution in [0.25, 0.3) is 0 Å². The fraction of sp³-hybridized carbons (Fsp3) is 0.714. The zero-order valence-corrected chi connectivity index (χ0v) is 12.5. The molecule has 1 aromatic heterocycles. The van der Waals surface area contributed by atoms with Crippen LogP contribution < -0.4 is 15.8 Å². The van der Waals surface area contributed by atoms with E-state index in [-0.39, 0.29) is 12.1 Å². The quantitative estimate of drug-likeness (QED) is 0.833. The summed E-state index contributed by atoms with van der Waals surface area (Å²) in [6.07, 6.45) is 2.84. The molecule has 2 heterocycles. The fourth-order valence-electron chi connectivity index (χ4n) is 2.08. The van der Waals surface area contributed by atoms with Gasteiger partial charge in [0.2, 0.25) is 5.88 Å². The molecular formula is C14H24N4O2. The summed E-state index contributed by atoms with van der Waals surface area (Å²) in [6.45, 7) is 7.48. The molecule has 0 bridgehead atoms. The molecule has 1 aliphatic rings. The van der Waals surface area contributed by atoms with Crippen molar-refractivity contribution in [2.75, 3.05) is 24.3 Å². The molecule has 3 N–H and O–H groups in total. The first-order valence-corrected chi connectivity index (χ1v) is 7.30. The smallest absolute Gasteiger partial charge is 0.242 e. The molecule has 0 radical (unpaired) electrons. The Balaban J connectivity index is 2.30. The highest BCUT2D eigenvalue weighted by Crippen LogP contribution is 2.32. The van der Waals surface area contributed by atoms with Gasteiger partial charge in [-0.1, -0.05) is 6.92 Å². The number of nitrogen functional groups attached to an aromatic ring is 1. The van der Waals surface area contributed by atoms with Gasteiger partial charge in [0.25, 0.3) is 0 Å². The summed E-state index contributed by atoms with van der Waals surface area (Å²) < 4.78 is 11.3. The molecule has 20 heavy (non-hydrogen) atoms. The second-order valence-electron chi connectivity index (χ2n) is 5.30. The largest absolute Gasteiger partial charge is 0.476 e. The van der Waals surface area contributed by atoms with E-state index >= 15 is 0 Å². The average Bonchev–Trinajstić information content (AvgIpc) is 2.93. The number of hydrogen-bond donors (Lipinski definition) is 2. The molecule has 1 fully saturated rings. The standard InChI is InChI=1S/C14H24N4O2/c1-4-7-20-14-11(15)13(16-9(2)3)17-12(18-14)10-6-5-8-19-10/h9-10H,4-8,15H2,1-3H3,(H,16,17,18). The van der Waals surface area contributed by atoms with Crippen LogP contribution in [0.5, 0.6) is 5.88 Å². The SMILES string of the molecule is CCCOc1nc(C2CCCO2)nc(NC(C)C)c1N. The minimum Gasteiger partial charge on any atom is -0.476 e. The zero-order valence-electron chi connectivity index (χ0n) is 12.5. The van der Waals surface area contributed by atoms with Crippen LogP contribution in [0.3, 0.4) is 0 Å². The maximum atomic E-state index is 6.09. The Bertz CT molecular complexity index is 445. The van der Waals surface area contributed by atoms with Crippen molar-refractivity contribution in [1.29, 1.82) is 0 Å². The average molecular weight is 280 g/mol.